The molecule has 1 aromatic carbocycles. The molecule has 0 aliphatic heterocycles. The van der Waals surface area contributed by atoms with Gasteiger partial charge in [0.2, 0.25) is 0 Å². The summed E-state index contributed by atoms with van der Waals surface area (Å²) < 4.78 is 0. The van der Waals surface area contributed by atoms with Crippen molar-refractivity contribution in [1.82, 2.24) is 0 Å². The molecule has 71 valence electrons. The molecule has 0 saturated heterocycles. The van der Waals surface area contributed by atoms with E-state index in [0.29, 0.717) is 0 Å². The third-order valence-electron chi connectivity index (χ3n) is 2.29. The lowest BCUT2D eigenvalue weighted by Crippen LogP contribution is -1.96. The van der Waals surface area contributed by atoms with Gasteiger partial charge in [-0.25, -0.2) is 0 Å². The first-order valence-corrected chi connectivity index (χ1v) is 4.85. The van der Waals surface area contributed by atoms with Gasteiger partial charge >= 0.3 is 0 Å². The molecule has 1 fully saturated rings. The van der Waals surface area contributed by atoms with Gasteiger partial charge in [0.25, 0.3) is 0 Å². The van der Waals surface area contributed by atoms with Crippen LogP contribution in [0.2, 0.25) is 0 Å². The van der Waals surface area contributed by atoms with Gasteiger partial charge in [-0.1, -0.05) is 36.3 Å². The van der Waals surface area contributed by atoms with E-state index in [-0.39, 0.29) is 0 Å². The first-order chi connectivity index (χ1) is 7.42. The molecule has 0 atom stereocenters. The van der Waals surface area contributed by atoms with Gasteiger partial charge < -0.3 is 0 Å². The Morgan fingerprint density at radius 2 is 1.73 bits per heavy atom. The number of benzene rings is 1. The van der Waals surface area contributed by atoms with Gasteiger partial charge in [-0.2, -0.15) is 0 Å². The molecule has 0 unspecified atom stereocenters. The summed E-state index contributed by atoms with van der Waals surface area (Å²) in [6.45, 7) is 0. The minimum Gasteiger partial charge on any atom is -0.115 e. The third kappa shape index (κ3) is 2.30. The number of allylic oxidation sites excluding steroid dienone is 2. The maximum Gasteiger partial charge on any atom is 0.0136 e. The van der Waals surface area contributed by atoms with Crippen molar-refractivity contribution in [1.29, 1.82) is 0 Å². The van der Waals surface area contributed by atoms with Crippen molar-refractivity contribution in [2.75, 3.05) is 0 Å². The van der Waals surface area contributed by atoms with Gasteiger partial charge in [0, 0.05) is 5.92 Å². The number of terminal acetylenes is 1. The zero-order valence-corrected chi connectivity index (χ0v) is 8.35. The minimum atomic E-state index is 1.10. The van der Waals surface area contributed by atoms with Crippen LogP contribution in [0.4, 0.5) is 0 Å². The summed E-state index contributed by atoms with van der Waals surface area (Å²) in [7, 11) is 0. The summed E-state index contributed by atoms with van der Waals surface area (Å²) in [5, 5.41) is 0. The van der Waals surface area contributed by atoms with Gasteiger partial charge in [0.1, 0.15) is 0 Å². The number of rotatable bonds is 2. The normalized spacial score (nSPS) is 17.7. The molecule has 0 aromatic heterocycles. The molecular formula is C15H11. The standard InChI is InChI=1S/C15H11/c1-2-8-15(14-11-6-7-12-14)13-9-4-3-5-10-13/h1,3-12H/b15-8+. The van der Waals surface area contributed by atoms with Crippen LogP contribution in [-0.2, 0) is 0 Å². The highest BCUT2D eigenvalue weighted by atomic mass is 14.2. The summed E-state index contributed by atoms with van der Waals surface area (Å²) in [5.74, 6) is 3.76. The van der Waals surface area contributed by atoms with Crippen molar-refractivity contribution in [3.8, 4) is 12.3 Å². The highest BCUT2D eigenvalue weighted by molar-refractivity contribution is 5.83. The van der Waals surface area contributed by atoms with E-state index in [1.54, 1.807) is 0 Å². The Hall–Kier alpha value is -1.48. The molecule has 0 heteroatoms. The number of hydrogen-bond acceptors (Lipinski definition) is 0. The molecule has 0 amide bonds. The van der Waals surface area contributed by atoms with Gasteiger partial charge in [-0.15, -0.1) is 6.42 Å². The number of hydrogen-bond donors (Lipinski definition) is 0. The zero-order valence-electron chi connectivity index (χ0n) is 8.35. The van der Waals surface area contributed by atoms with E-state index in [1.807, 2.05) is 37.1 Å². The van der Waals surface area contributed by atoms with Crippen LogP contribution >= 0.6 is 0 Å². The predicted octanol–water partition coefficient (Wildman–Crippen LogP) is 3.11. The van der Waals surface area contributed by atoms with Crippen molar-refractivity contribution in [3.63, 3.8) is 0 Å². The van der Waals surface area contributed by atoms with Crippen LogP contribution < -0.4 is 0 Å². The average molecular weight is 191 g/mol. The van der Waals surface area contributed by atoms with Crippen molar-refractivity contribution in [3.05, 3.63) is 73.6 Å². The fourth-order valence-electron chi connectivity index (χ4n) is 1.59. The first kappa shape index (κ1) is 10.1. The second-order valence-corrected chi connectivity index (χ2v) is 3.26. The fourth-order valence-corrected chi connectivity index (χ4v) is 1.59. The van der Waals surface area contributed by atoms with Crippen LogP contribution in [0.25, 0.3) is 5.57 Å². The molecule has 1 saturated carbocycles. The largest absolute Gasteiger partial charge is 0.115 e. The quantitative estimate of drug-likeness (QED) is 0.630. The van der Waals surface area contributed by atoms with Gasteiger partial charge in [0.05, 0.1) is 0 Å². The molecule has 1 aromatic rings. The van der Waals surface area contributed by atoms with Crippen LogP contribution in [0.1, 0.15) is 5.56 Å². The Bertz CT molecular complexity index is 372. The molecule has 0 heterocycles. The Balaban J connectivity index is 2.29. The first-order valence-electron chi connectivity index (χ1n) is 4.85. The van der Waals surface area contributed by atoms with Gasteiger partial charge in [-0.05, 0) is 42.9 Å². The SMILES string of the molecule is C#C/C=C(/[C]1[CH][CH][CH][CH]1)c1ccccc1. The van der Waals surface area contributed by atoms with Gasteiger partial charge in [0.15, 0.2) is 0 Å². The lowest BCUT2D eigenvalue weighted by molar-refractivity contribution is 1.38. The Kier molecular flexibility index (Phi) is 3.25. The zero-order chi connectivity index (χ0) is 10.5. The Morgan fingerprint density at radius 3 is 2.33 bits per heavy atom. The lowest BCUT2D eigenvalue weighted by Gasteiger charge is -2.12. The highest BCUT2D eigenvalue weighted by Crippen LogP contribution is 2.35. The second kappa shape index (κ2) is 4.84. The van der Waals surface area contributed by atoms with Crippen molar-refractivity contribution >= 4 is 5.57 Å². The van der Waals surface area contributed by atoms with E-state index in [4.69, 9.17) is 6.42 Å². The second-order valence-electron chi connectivity index (χ2n) is 3.26. The van der Waals surface area contributed by atoms with E-state index in [2.05, 4.69) is 30.9 Å². The predicted molar refractivity (Wildman–Crippen MR) is 63.7 cm³/mol. The highest BCUT2D eigenvalue weighted by Gasteiger charge is 2.21. The monoisotopic (exact) mass is 191 g/mol. The average Bonchev–Trinajstić information content (AvgIpc) is 2.80. The maximum absolute atomic E-state index is 5.35. The smallest absolute Gasteiger partial charge is 0.0136 e. The Morgan fingerprint density at radius 1 is 1.07 bits per heavy atom. The van der Waals surface area contributed by atoms with E-state index in [0.717, 1.165) is 11.1 Å². The fraction of sp³-hybridized carbons (Fsp3) is 0. The van der Waals surface area contributed by atoms with E-state index in [1.165, 1.54) is 5.92 Å². The summed E-state index contributed by atoms with van der Waals surface area (Å²) >= 11 is 0. The van der Waals surface area contributed by atoms with Crippen LogP contribution in [-0.4, -0.2) is 0 Å². The molecular weight excluding hydrogens is 180 g/mol. The molecule has 1 aliphatic rings. The van der Waals surface area contributed by atoms with Crippen LogP contribution in [0.5, 0.6) is 0 Å². The molecule has 5 radical (unpaired) electrons. The molecule has 0 N–H and O–H groups in total. The summed E-state index contributed by atoms with van der Waals surface area (Å²) in [4.78, 5) is 0. The molecule has 2 rings (SSSR count). The summed E-state index contributed by atoms with van der Waals surface area (Å²) in [6.07, 6.45) is 15.3. The lowest BCUT2D eigenvalue weighted by atomic mass is 9.91. The van der Waals surface area contributed by atoms with Crippen LogP contribution in [0.15, 0.2) is 36.4 Å². The van der Waals surface area contributed by atoms with Crippen molar-refractivity contribution < 1.29 is 0 Å². The summed E-state index contributed by atoms with van der Waals surface area (Å²) in [5.41, 5.74) is 2.25. The van der Waals surface area contributed by atoms with E-state index in [9.17, 15) is 0 Å². The molecule has 1 aliphatic carbocycles. The van der Waals surface area contributed by atoms with Crippen LogP contribution in [0.3, 0.4) is 0 Å². The van der Waals surface area contributed by atoms with Crippen molar-refractivity contribution in [2.45, 2.75) is 0 Å². The molecule has 0 bridgehead atoms. The Labute approximate surface area is 92.0 Å². The van der Waals surface area contributed by atoms with Crippen molar-refractivity contribution in [2.24, 2.45) is 0 Å². The molecule has 0 spiro atoms. The summed E-state index contributed by atoms with van der Waals surface area (Å²) in [6, 6.07) is 10.2. The molecule has 15 heavy (non-hydrogen) atoms. The minimum absolute atomic E-state index is 1.10. The molecule has 0 nitrogen and oxygen atoms in total. The van der Waals surface area contributed by atoms with Gasteiger partial charge in [-0.3, -0.25) is 0 Å². The van der Waals surface area contributed by atoms with Crippen LogP contribution in [0, 0.1) is 43.9 Å². The van der Waals surface area contributed by atoms with E-state index >= 15 is 0 Å². The van der Waals surface area contributed by atoms with E-state index < -0.39 is 0 Å². The third-order valence-corrected chi connectivity index (χ3v) is 2.29. The maximum atomic E-state index is 5.35. The topological polar surface area (TPSA) is 0 Å².